The fourth-order valence-electron chi connectivity index (χ4n) is 1.78. The van der Waals surface area contributed by atoms with Gasteiger partial charge < -0.3 is 10.8 Å². The second kappa shape index (κ2) is 4.90. The molecule has 20 heavy (non-hydrogen) atoms. The van der Waals surface area contributed by atoms with Gasteiger partial charge in [0, 0.05) is 5.69 Å². The lowest BCUT2D eigenvalue weighted by Gasteiger charge is -1.97. The summed E-state index contributed by atoms with van der Waals surface area (Å²) < 4.78 is 1.07. The Hall–Kier alpha value is -2.47. The molecule has 0 amide bonds. The molecular formula is C14H12N4OS. The highest BCUT2D eigenvalue weighted by Gasteiger charge is 2.04. The predicted octanol–water partition coefficient (Wildman–Crippen LogP) is 4.31. The highest BCUT2D eigenvalue weighted by molar-refractivity contribution is 7.21. The average molecular weight is 284 g/mol. The van der Waals surface area contributed by atoms with Crippen LogP contribution in [0.1, 0.15) is 5.56 Å². The second-order valence-corrected chi connectivity index (χ2v) is 5.42. The molecule has 3 N–H and O–H groups in total. The Kier molecular flexibility index (Phi) is 3.08. The molecule has 0 unspecified atom stereocenters. The van der Waals surface area contributed by atoms with Crippen LogP contribution in [0.5, 0.6) is 5.75 Å². The standard InChI is InChI=1S/C14H12N4OS/c1-8-2-4-10-13(6-8)20-14(16-10)18-17-11-7-9(15)3-5-12(11)19/h2-7,19H,15H2,1H3. The summed E-state index contributed by atoms with van der Waals surface area (Å²) in [6, 6.07) is 10.7. The first-order valence-corrected chi connectivity index (χ1v) is 6.81. The van der Waals surface area contributed by atoms with Crippen molar-refractivity contribution in [3.63, 3.8) is 0 Å². The van der Waals surface area contributed by atoms with E-state index in [0.717, 1.165) is 10.2 Å². The van der Waals surface area contributed by atoms with Crippen LogP contribution in [0.2, 0.25) is 0 Å². The Labute approximate surface area is 119 Å². The van der Waals surface area contributed by atoms with E-state index >= 15 is 0 Å². The van der Waals surface area contributed by atoms with E-state index in [-0.39, 0.29) is 5.75 Å². The van der Waals surface area contributed by atoms with Gasteiger partial charge in [-0.15, -0.1) is 10.2 Å². The lowest BCUT2D eigenvalue weighted by atomic mass is 10.2. The number of nitrogen functional groups attached to an aromatic ring is 1. The van der Waals surface area contributed by atoms with Crippen molar-refractivity contribution >= 4 is 38.1 Å². The number of hydrogen-bond acceptors (Lipinski definition) is 6. The number of hydrogen-bond donors (Lipinski definition) is 2. The number of azo groups is 1. The zero-order valence-corrected chi connectivity index (χ0v) is 11.6. The van der Waals surface area contributed by atoms with Crippen LogP contribution in [0.4, 0.5) is 16.5 Å². The van der Waals surface area contributed by atoms with Crippen molar-refractivity contribution in [2.45, 2.75) is 6.92 Å². The summed E-state index contributed by atoms with van der Waals surface area (Å²) in [6.45, 7) is 2.03. The zero-order chi connectivity index (χ0) is 14.1. The number of rotatable bonds is 2. The lowest BCUT2D eigenvalue weighted by molar-refractivity contribution is 0.476. The highest BCUT2D eigenvalue weighted by Crippen LogP contribution is 2.33. The number of aromatic nitrogens is 1. The topological polar surface area (TPSA) is 83.9 Å². The van der Waals surface area contributed by atoms with E-state index in [2.05, 4.69) is 21.3 Å². The zero-order valence-electron chi connectivity index (χ0n) is 10.7. The van der Waals surface area contributed by atoms with Crippen LogP contribution in [0.3, 0.4) is 0 Å². The molecular weight excluding hydrogens is 272 g/mol. The van der Waals surface area contributed by atoms with Crippen LogP contribution in [0.25, 0.3) is 10.2 Å². The van der Waals surface area contributed by atoms with E-state index in [9.17, 15) is 5.11 Å². The molecule has 6 heteroatoms. The van der Waals surface area contributed by atoms with Crippen molar-refractivity contribution in [3.05, 3.63) is 42.0 Å². The quantitative estimate of drug-likeness (QED) is 0.418. The van der Waals surface area contributed by atoms with Gasteiger partial charge in [-0.05, 0) is 42.8 Å². The molecule has 0 radical (unpaired) electrons. The summed E-state index contributed by atoms with van der Waals surface area (Å²) in [5.74, 6) is 0.0416. The molecule has 0 saturated carbocycles. The number of benzene rings is 2. The van der Waals surface area contributed by atoms with Crippen molar-refractivity contribution in [2.24, 2.45) is 10.2 Å². The third-order valence-electron chi connectivity index (χ3n) is 2.78. The minimum atomic E-state index is 0.0416. The fourth-order valence-corrected chi connectivity index (χ4v) is 2.67. The first-order valence-electron chi connectivity index (χ1n) is 5.99. The van der Waals surface area contributed by atoms with Crippen LogP contribution < -0.4 is 5.73 Å². The number of anilines is 1. The van der Waals surface area contributed by atoms with E-state index in [1.165, 1.54) is 23.0 Å². The van der Waals surface area contributed by atoms with Crippen molar-refractivity contribution in [1.82, 2.24) is 4.98 Å². The first-order chi connectivity index (χ1) is 9.61. The molecule has 0 atom stereocenters. The molecule has 100 valence electrons. The molecule has 0 aliphatic heterocycles. The van der Waals surface area contributed by atoms with Gasteiger partial charge >= 0.3 is 0 Å². The van der Waals surface area contributed by atoms with E-state index in [1.54, 1.807) is 12.1 Å². The van der Waals surface area contributed by atoms with Gasteiger partial charge in [0.2, 0.25) is 5.13 Å². The fraction of sp³-hybridized carbons (Fsp3) is 0.0714. The highest BCUT2D eigenvalue weighted by atomic mass is 32.1. The first kappa shape index (κ1) is 12.6. The summed E-state index contributed by atoms with van der Waals surface area (Å²) in [5.41, 5.74) is 8.58. The van der Waals surface area contributed by atoms with Crippen LogP contribution in [-0.2, 0) is 0 Å². The minimum absolute atomic E-state index is 0.0416. The smallest absolute Gasteiger partial charge is 0.231 e. The Balaban J connectivity index is 1.96. The summed E-state index contributed by atoms with van der Waals surface area (Å²) in [4.78, 5) is 4.37. The van der Waals surface area contributed by atoms with E-state index in [4.69, 9.17) is 5.73 Å². The van der Waals surface area contributed by atoms with Gasteiger partial charge in [-0.2, -0.15) is 0 Å². The summed E-state index contributed by atoms with van der Waals surface area (Å²) >= 11 is 1.46. The molecule has 2 aromatic carbocycles. The third-order valence-corrected chi connectivity index (χ3v) is 3.68. The maximum absolute atomic E-state index is 9.66. The van der Waals surface area contributed by atoms with Gasteiger partial charge in [-0.1, -0.05) is 17.4 Å². The largest absolute Gasteiger partial charge is 0.506 e. The minimum Gasteiger partial charge on any atom is -0.506 e. The molecule has 0 fully saturated rings. The van der Waals surface area contributed by atoms with Crippen molar-refractivity contribution in [2.75, 3.05) is 5.73 Å². The maximum Gasteiger partial charge on any atom is 0.231 e. The monoisotopic (exact) mass is 284 g/mol. The summed E-state index contributed by atoms with van der Waals surface area (Å²) in [6.07, 6.45) is 0. The molecule has 0 bridgehead atoms. The molecule has 0 aliphatic carbocycles. The van der Waals surface area contributed by atoms with Gasteiger partial charge in [0.1, 0.15) is 11.4 Å². The number of phenols is 1. The Morgan fingerprint density at radius 2 is 2.00 bits per heavy atom. The number of phenolic OH excluding ortho intramolecular Hbond substituents is 1. The Morgan fingerprint density at radius 3 is 2.85 bits per heavy atom. The number of fused-ring (bicyclic) bond motifs is 1. The van der Waals surface area contributed by atoms with Gasteiger partial charge in [0.25, 0.3) is 0 Å². The van der Waals surface area contributed by atoms with Crippen LogP contribution >= 0.6 is 11.3 Å². The Bertz CT molecular complexity index is 810. The normalized spacial score (nSPS) is 11.4. The summed E-state index contributed by atoms with van der Waals surface area (Å²) in [7, 11) is 0. The van der Waals surface area contributed by atoms with E-state index < -0.39 is 0 Å². The molecule has 0 spiro atoms. The van der Waals surface area contributed by atoms with Crippen molar-refractivity contribution in [1.29, 1.82) is 0 Å². The van der Waals surface area contributed by atoms with Crippen LogP contribution in [0.15, 0.2) is 46.6 Å². The van der Waals surface area contributed by atoms with Crippen LogP contribution in [0, 0.1) is 6.92 Å². The predicted molar refractivity (Wildman–Crippen MR) is 81.1 cm³/mol. The van der Waals surface area contributed by atoms with Gasteiger partial charge in [-0.3, -0.25) is 0 Å². The summed E-state index contributed by atoms with van der Waals surface area (Å²) in [5, 5.41) is 18.3. The number of nitrogens with two attached hydrogens (primary N) is 1. The van der Waals surface area contributed by atoms with Crippen molar-refractivity contribution < 1.29 is 5.11 Å². The molecule has 0 aliphatic rings. The number of aryl methyl sites for hydroxylation is 1. The van der Waals surface area contributed by atoms with E-state index in [0.29, 0.717) is 16.5 Å². The molecule has 5 nitrogen and oxygen atoms in total. The molecule has 3 rings (SSSR count). The van der Waals surface area contributed by atoms with E-state index in [1.807, 2.05) is 19.1 Å². The maximum atomic E-state index is 9.66. The number of thiazole rings is 1. The average Bonchev–Trinajstić information content (AvgIpc) is 2.81. The van der Waals surface area contributed by atoms with Gasteiger partial charge in [-0.25, -0.2) is 4.98 Å². The lowest BCUT2D eigenvalue weighted by Crippen LogP contribution is -1.82. The van der Waals surface area contributed by atoms with Gasteiger partial charge in [0.15, 0.2) is 0 Å². The number of nitrogens with zero attached hydrogens (tertiary/aromatic N) is 3. The molecule has 1 heterocycles. The molecule has 1 aromatic heterocycles. The van der Waals surface area contributed by atoms with Crippen molar-refractivity contribution in [3.8, 4) is 5.75 Å². The molecule has 3 aromatic rings. The Morgan fingerprint density at radius 1 is 1.15 bits per heavy atom. The second-order valence-electron chi connectivity index (χ2n) is 4.42. The number of aromatic hydroxyl groups is 1. The molecule has 0 saturated heterocycles. The SMILES string of the molecule is Cc1ccc2nc(N=Nc3cc(N)ccc3O)sc2c1. The van der Waals surface area contributed by atoms with Gasteiger partial charge in [0.05, 0.1) is 10.2 Å². The van der Waals surface area contributed by atoms with Crippen LogP contribution in [-0.4, -0.2) is 10.1 Å². The third kappa shape index (κ3) is 2.46.